The smallest absolute Gasteiger partial charge is 0.275 e. The Morgan fingerprint density at radius 1 is 1.30 bits per heavy atom. The molecular formula is C19H26N3O+. The average Bonchev–Trinajstić information content (AvgIpc) is 3.16. The molecule has 2 aromatic rings. The number of benzene rings is 1. The van der Waals surface area contributed by atoms with E-state index in [1.807, 2.05) is 25.1 Å². The summed E-state index contributed by atoms with van der Waals surface area (Å²) in [6.07, 6.45) is 4.43. The van der Waals surface area contributed by atoms with E-state index in [1.165, 1.54) is 17.0 Å². The molecule has 1 aromatic heterocycles. The summed E-state index contributed by atoms with van der Waals surface area (Å²) in [5.41, 5.74) is 2.48. The van der Waals surface area contributed by atoms with Gasteiger partial charge in [-0.2, -0.15) is 0 Å². The van der Waals surface area contributed by atoms with Crippen LogP contribution in [0, 0.1) is 0 Å². The summed E-state index contributed by atoms with van der Waals surface area (Å²) >= 11 is 0. The summed E-state index contributed by atoms with van der Waals surface area (Å²) in [6, 6.07) is 14.9. The molecule has 0 bridgehead atoms. The van der Waals surface area contributed by atoms with Gasteiger partial charge in [0.05, 0.1) is 18.3 Å². The van der Waals surface area contributed by atoms with Crippen molar-refractivity contribution in [2.45, 2.75) is 31.8 Å². The maximum atomic E-state index is 12.4. The first kappa shape index (κ1) is 15.8. The Labute approximate surface area is 138 Å². The lowest BCUT2D eigenvalue weighted by atomic mass is 10.1. The Morgan fingerprint density at radius 3 is 2.78 bits per heavy atom. The van der Waals surface area contributed by atoms with Gasteiger partial charge in [0.1, 0.15) is 6.04 Å². The lowest BCUT2D eigenvalue weighted by molar-refractivity contribution is -0.911. The zero-order valence-electron chi connectivity index (χ0n) is 14.0. The number of aryl methyl sites for hydroxylation is 1. The molecule has 1 aliphatic heterocycles. The van der Waals surface area contributed by atoms with Crippen molar-refractivity contribution in [2.24, 2.45) is 7.05 Å². The fraction of sp³-hybridized carbons (Fsp3) is 0.421. The highest BCUT2D eigenvalue weighted by atomic mass is 16.2. The number of likely N-dealkylation sites (tertiary alicyclic amines) is 1. The molecule has 0 radical (unpaired) electrons. The molecule has 1 aliphatic rings. The van der Waals surface area contributed by atoms with Crippen LogP contribution in [0.1, 0.15) is 43.1 Å². The van der Waals surface area contributed by atoms with Crippen molar-refractivity contribution in [3.63, 3.8) is 0 Å². The standard InChI is InChI=1S/C19H25N3O/c1-15(16-8-4-3-5-9-16)20-19(23)14-22-13-7-11-18(22)17-10-6-12-21(17)2/h3-6,8-10,12,15,18H,7,11,13-14H2,1-2H3,(H,20,23)/p+1/t15-,18-/m1/s1. The normalized spacial score (nSPS) is 22.0. The van der Waals surface area contributed by atoms with Crippen LogP contribution in [0.2, 0.25) is 0 Å². The Hall–Kier alpha value is -2.07. The van der Waals surface area contributed by atoms with Crippen LogP contribution in [-0.2, 0) is 11.8 Å². The Balaban J connectivity index is 1.60. The molecule has 1 aromatic carbocycles. The second-order valence-electron chi connectivity index (χ2n) is 6.52. The Kier molecular flexibility index (Phi) is 4.82. The van der Waals surface area contributed by atoms with Crippen molar-refractivity contribution in [1.82, 2.24) is 9.88 Å². The number of carbonyl (C=O) groups excluding carboxylic acids is 1. The summed E-state index contributed by atoms with van der Waals surface area (Å²) in [4.78, 5) is 13.8. The van der Waals surface area contributed by atoms with Gasteiger partial charge in [-0.3, -0.25) is 4.79 Å². The van der Waals surface area contributed by atoms with Crippen LogP contribution in [0.25, 0.3) is 0 Å². The maximum absolute atomic E-state index is 12.4. The van der Waals surface area contributed by atoms with E-state index in [-0.39, 0.29) is 11.9 Å². The van der Waals surface area contributed by atoms with E-state index >= 15 is 0 Å². The summed E-state index contributed by atoms with van der Waals surface area (Å²) in [6.45, 7) is 3.66. The van der Waals surface area contributed by atoms with E-state index in [1.54, 1.807) is 0 Å². The summed E-state index contributed by atoms with van der Waals surface area (Å²) < 4.78 is 2.18. The van der Waals surface area contributed by atoms with Crippen LogP contribution in [0.5, 0.6) is 0 Å². The molecule has 1 unspecified atom stereocenters. The monoisotopic (exact) mass is 312 g/mol. The number of hydrogen-bond acceptors (Lipinski definition) is 1. The van der Waals surface area contributed by atoms with Crippen molar-refractivity contribution in [3.8, 4) is 0 Å². The van der Waals surface area contributed by atoms with Gasteiger partial charge in [0, 0.05) is 26.1 Å². The Morgan fingerprint density at radius 2 is 2.09 bits per heavy atom. The molecule has 4 heteroatoms. The molecule has 1 fully saturated rings. The number of carbonyl (C=O) groups is 1. The molecule has 2 heterocycles. The predicted molar refractivity (Wildman–Crippen MR) is 91.1 cm³/mol. The largest absolute Gasteiger partial charge is 0.350 e. The predicted octanol–water partition coefficient (Wildman–Crippen LogP) is 1.62. The van der Waals surface area contributed by atoms with Gasteiger partial charge in [0.15, 0.2) is 6.54 Å². The third kappa shape index (κ3) is 3.64. The van der Waals surface area contributed by atoms with Crippen molar-refractivity contribution in [2.75, 3.05) is 13.1 Å². The zero-order chi connectivity index (χ0) is 16.2. The lowest BCUT2D eigenvalue weighted by Crippen LogP contribution is -3.11. The third-order valence-electron chi connectivity index (χ3n) is 4.89. The van der Waals surface area contributed by atoms with Gasteiger partial charge >= 0.3 is 0 Å². The Bertz CT molecular complexity index is 650. The van der Waals surface area contributed by atoms with E-state index in [0.717, 1.165) is 18.5 Å². The van der Waals surface area contributed by atoms with Gasteiger partial charge in [0.25, 0.3) is 5.91 Å². The molecular weight excluding hydrogens is 286 g/mol. The van der Waals surface area contributed by atoms with Crippen molar-refractivity contribution >= 4 is 5.91 Å². The first-order valence-electron chi connectivity index (χ1n) is 8.45. The summed E-state index contributed by atoms with van der Waals surface area (Å²) in [5.74, 6) is 0.137. The molecule has 0 aliphatic carbocycles. The maximum Gasteiger partial charge on any atom is 0.275 e. The molecule has 3 rings (SSSR count). The van der Waals surface area contributed by atoms with Crippen molar-refractivity contribution in [1.29, 1.82) is 0 Å². The summed E-state index contributed by atoms with van der Waals surface area (Å²) in [5, 5.41) is 3.14. The van der Waals surface area contributed by atoms with Crippen molar-refractivity contribution < 1.29 is 9.69 Å². The van der Waals surface area contributed by atoms with Crippen LogP contribution >= 0.6 is 0 Å². The highest BCUT2D eigenvalue weighted by Gasteiger charge is 2.33. The molecule has 1 saturated heterocycles. The molecule has 0 saturated carbocycles. The van der Waals surface area contributed by atoms with E-state index in [2.05, 4.69) is 47.4 Å². The average molecular weight is 312 g/mol. The van der Waals surface area contributed by atoms with Crippen LogP contribution in [-0.4, -0.2) is 23.6 Å². The van der Waals surface area contributed by atoms with Gasteiger partial charge in [-0.15, -0.1) is 0 Å². The molecule has 23 heavy (non-hydrogen) atoms. The lowest BCUT2D eigenvalue weighted by Gasteiger charge is -2.23. The molecule has 1 amide bonds. The van der Waals surface area contributed by atoms with E-state index in [9.17, 15) is 4.79 Å². The SMILES string of the molecule is C[C@@H](NC(=O)C[NH+]1CCC[C@@H]1c1cccn1C)c1ccccc1. The number of nitrogens with zero attached hydrogens (tertiary/aromatic N) is 1. The van der Waals surface area contributed by atoms with E-state index in [0.29, 0.717) is 12.6 Å². The van der Waals surface area contributed by atoms with Crippen molar-refractivity contribution in [3.05, 3.63) is 59.9 Å². The topological polar surface area (TPSA) is 38.5 Å². The first-order chi connectivity index (χ1) is 11.1. The minimum Gasteiger partial charge on any atom is -0.350 e. The summed E-state index contributed by atoms with van der Waals surface area (Å²) in [7, 11) is 2.09. The minimum atomic E-state index is 0.0548. The fourth-order valence-corrected chi connectivity index (χ4v) is 3.64. The van der Waals surface area contributed by atoms with Gasteiger partial charge in [-0.1, -0.05) is 30.3 Å². The van der Waals surface area contributed by atoms with Gasteiger partial charge in [-0.25, -0.2) is 0 Å². The second kappa shape index (κ2) is 7.01. The number of quaternary nitrogens is 1. The van der Waals surface area contributed by atoms with Crippen LogP contribution < -0.4 is 10.2 Å². The molecule has 0 spiro atoms. The zero-order valence-corrected chi connectivity index (χ0v) is 14.0. The van der Waals surface area contributed by atoms with E-state index < -0.39 is 0 Å². The second-order valence-corrected chi connectivity index (χ2v) is 6.52. The molecule has 122 valence electrons. The number of rotatable bonds is 5. The molecule has 2 N–H and O–H groups in total. The van der Waals surface area contributed by atoms with Crippen LogP contribution in [0.4, 0.5) is 0 Å². The molecule has 3 atom stereocenters. The number of aromatic nitrogens is 1. The van der Waals surface area contributed by atoms with E-state index in [4.69, 9.17) is 0 Å². The highest BCUT2D eigenvalue weighted by molar-refractivity contribution is 5.77. The van der Waals surface area contributed by atoms with Crippen LogP contribution in [0.3, 0.4) is 0 Å². The van der Waals surface area contributed by atoms with Gasteiger partial charge in [-0.05, 0) is 24.6 Å². The quantitative estimate of drug-likeness (QED) is 0.865. The number of nitrogens with one attached hydrogen (secondary N) is 2. The number of amides is 1. The number of hydrogen-bond donors (Lipinski definition) is 2. The van der Waals surface area contributed by atoms with Gasteiger partial charge in [0.2, 0.25) is 0 Å². The fourth-order valence-electron chi connectivity index (χ4n) is 3.64. The minimum absolute atomic E-state index is 0.0548. The third-order valence-corrected chi connectivity index (χ3v) is 4.89. The van der Waals surface area contributed by atoms with Crippen LogP contribution in [0.15, 0.2) is 48.7 Å². The highest BCUT2D eigenvalue weighted by Crippen LogP contribution is 2.19. The molecule has 4 nitrogen and oxygen atoms in total. The van der Waals surface area contributed by atoms with Gasteiger partial charge < -0.3 is 14.8 Å². The first-order valence-corrected chi connectivity index (χ1v) is 8.45.